The van der Waals surface area contributed by atoms with Crippen molar-refractivity contribution in [3.63, 3.8) is 0 Å². The first kappa shape index (κ1) is 65.0. The summed E-state index contributed by atoms with van der Waals surface area (Å²) in [5.74, 6) is -0.505. The Morgan fingerprint density at radius 3 is 1.06 bits per heavy atom. The van der Waals surface area contributed by atoms with Crippen molar-refractivity contribution < 1.29 is 38.1 Å². The molecule has 0 amide bonds. The van der Waals surface area contributed by atoms with E-state index in [2.05, 4.69) is 142 Å². The quantitative estimate of drug-likeness (QED) is 0.0657. The number of carbonyl (C=O) groups excluding carboxylic acids is 3. The number of ether oxygens (including phenoxy) is 1. The second-order valence-corrected chi connectivity index (χ2v) is 21.4. The Hall–Kier alpha value is -6.57. The number of carbonyl (C=O) groups is 1. The topological polar surface area (TPSA) is 101 Å². The summed E-state index contributed by atoms with van der Waals surface area (Å²) in [5, 5.41) is 21.4. The Morgan fingerprint density at radius 2 is 0.785 bits per heavy atom. The molecule has 6 rings (SSSR count). The minimum Gasteiger partial charge on any atom is -0.463 e. The molecule has 0 atom stereocenters. The largest absolute Gasteiger partial charge is 0.463 e. The van der Waals surface area contributed by atoms with Gasteiger partial charge in [-0.3, -0.25) is 4.79 Å². The van der Waals surface area contributed by atoms with Gasteiger partial charge in [0.25, 0.3) is 6.47 Å². The lowest BCUT2D eigenvalue weighted by Gasteiger charge is -2.35. The van der Waals surface area contributed by atoms with Crippen molar-refractivity contribution in [2.75, 3.05) is 0 Å². The van der Waals surface area contributed by atoms with Gasteiger partial charge in [0.2, 0.25) is 0 Å². The molecular formula is C71H88F2O6. The van der Waals surface area contributed by atoms with Gasteiger partial charge >= 0.3 is 6.15 Å². The van der Waals surface area contributed by atoms with Gasteiger partial charge in [-0.15, -0.1) is 0 Å². The van der Waals surface area contributed by atoms with Crippen LogP contribution in [0.1, 0.15) is 192 Å². The molecule has 6 nitrogen and oxygen atoms in total. The van der Waals surface area contributed by atoms with E-state index in [9.17, 15) is 23.8 Å². The summed E-state index contributed by atoms with van der Waals surface area (Å²) >= 11 is 0. The first-order chi connectivity index (χ1) is 37.6. The molecule has 2 N–H and O–H groups in total. The third kappa shape index (κ3) is 15.0. The number of aliphatic hydroxyl groups is 2. The molecule has 8 heteroatoms. The lowest BCUT2D eigenvalue weighted by Crippen LogP contribution is -2.26. The summed E-state index contributed by atoms with van der Waals surface area (Å²) in [5.41, 5.74) is 17.6. The summed E-state index contributed by atoms with van der Waals surface area (Å²) in [4.78, 5) is 26.7. The number of hydrogen-bond donors (Lipinski definition) is 2. The van der Waals surface area contributed by atoms with Crippen LogP contribution >= 0.6 is 0 Å². The lowest BCUT2D eigenvalue weighted by molar-refractivity contribution is -0.191. The van der Waals surface area contributed by atoms with Crippen LogP contribution in [0.2, 0.25) is 0 Å². The van der Waals surface area contributed by atoms with Crippen molar-refractivity contribution in [1.29, 1.82) is 0 Å². The highest BCUT2D eigenvalue weighted by Crippen LogP contribution is 2.44. The Kier molecular flexibility index (Phi) is 23.9. The highest BCUT2D eigenvalue weighted by Gasteiger charge is 2.34. The molecule has 0 radical (unpaired) electrons. The van der Waals surface area contributed by atoms with E-state index in [0.717, 1.165) is 75.8 Å². The molecular weight excluding hydrogens is 987 g/mol. The van der Waals surface area contributed by atoms with Crippen molar-refractivity contribution >= 4 is 24.8 Å². The van der Waals surface area contributed by atoms with E-state index >= 15 is 0 Å². The number of benzene rings is 6. The standard InChI is InChI=1S/C35H43FO3.C35H45FO.CO2/c1-8-34(38,9-2)17-16-27-14-15-30(18-24(27)5)35(10-3,11-4)31-19-25(6)33(26(7)20-31)28-12-13-29(22-39-23-37)32(36)21-28;1-9-27-14-15-29(23-32(27)36)33-25(7)21-31(22-26(33)8)35(12-4,13-5)30-17-16-28(24(6)20-30)18-19-34(37,10-2)11-3;2-1-3/h12-21,23,38H,8-11,22H2,1-7H3;14-23,37H,9-13H2,1-8H3;/b17-16+;19-18+;. The fraction of sp³-hybridized carbons (Fsp3) is 0.408. The molecule has 6 aromatic rings. The molecule has 79 heavy (non-hydrogen) atoms. The predicted octanol–water partition coefficient (Wildman–Crippen LogP) is 17.8. The van der Waals surface area contributed by atoms with Crippen LogP contribution in [0.15, 0.2) is 109 Å². The van der Waals surface area contributed by atoms with E-state index in [0.29, 0.717) is 44.1 Å². The molecule has 0 aromatic heterocycles. The van der Waals surface area contributed by atoms with Crippen molar-refractivity contribution in [1.82, 2.24) is 0 Å². The van der Waals surface area contributed by atoms with Crippen molar-refractivity contribution in [2.24, 2.45) is 0 Å². The van der Waals surface area contributed by atoms with Crippen LogP contribution < -0.4 is 0 Å². The molecule has 0 fully saturated rings. The Bertz CT molecular complexity index is 3060. The molecule has 422 valence electrons. The maximum atomic E-state index is 14.7. The molecule has 6 aromatic carbocycles. The summed E-state index contributed by atoms with van der Waals surface area (Å²) in [7, 11) is 0. The number of hydrogen-bond acceptors (Lipinski definition) is 6. The van der Waals surface area contributed by atoms with Crippen LogP contribution in [-0.2, 0) is 43.0 Å². The minimum atomic E-state index is -0.773. The van der Waals surface area contributed by atoms with Crippen LogP contribution in [0.3, 0.4) is 0 Å². The van der Waals surface area contributed by atoms with E-state index in [1.165, 1.54) is 50.6 Å². The van der Waals surface area contributed by atoms with Crippen LogP contribution in [0, 0.1) is 53.2 Å². The zero-order chi connectivity index (χ0) is 58.9. The average Bonchev–Trinajstić information content (AvgIpc) is 3.49. The second-order valence-electron chi connectivity index (χ2n) is 21.4. The fourth-order valence-corrected chi connectivity index (χ4v) is 11.6. The van der Waals surface area contributed by atoms with Crippen molar-refractivity contribution in [3.8, 4) is 22.3 Å². The zero-order valence-corrected chi connectivity index (χ0v) is 50.0. The first-order valence-corrected chi connectivity index (χ1v) is 28.5. The van der Waals surface area contributed by atoms with Crippen molar-refractivity contribution in [3.05, 3.63) is 199 Å². The lowest BCUT2D eigenvalue weighted by atomic mass is 9.69. The highest BCUT2D eigenvalue weighted by molar-refractivity contribution is 5.74. The molecule has 0 saturated carbocycles. The Morgan fingerprint density at radius 1 is 0.456 bits per heavy atom. The van der Waals surface area contributed by atoms with Crippen LogP contribution in [0.4, 0.5) is 8.78 Å². The van der Waals surface area contributed by atoms with Gasteiger partial charge in [-0.2, -0.15) is 9.59 Å². The Labute approximate surface area is 472 Å². The maximum Gasteiger partial charge on any atom is 0.373 e. The van der Waals surface area contributed by atoms with Crippen LogP contribution in [0.5, 0.6) is 0 Å². The molecule has 0 spiro atoms. The highest BCUT2D eigenvalue weighted by atomic mass is 19.1. The Balaban J connectivity index is 0.000000325. The minimum absolute atomic E-state index is 0.0753. The third-order valence-corrected chi connectivity index (χ3v) is 17.2. The van der Waals surface area contributed by atoms with Gasteiger partial charge in [-0.05, 0) is 206 Å². The number of aryl methyl sites for hydroxylation is 7. The van der Waals surface area contributed by atoms with Gasteiger partial charge in [-0.1, -0.05) is 172 Å². The maximum absolute atomic E-state index is 14.7. The van der Waals surface area contributed by atoms with E-state index in [1.54, 1.807) is 12.1 Å². The summed E-state index contributed by atoms with van der Waals surface area (Å²) in [6.07, 6.45) is 15.6. The van der Waals surface area contributed by atoms with E-state index in [-0.39, 0.29) is 35.2 Å². The molecule has 0 heterocycles. The van der Waals surface area contributed by atoms with Gasteiger partial charge in [-0.25, -0.2) is 8.78 Å². The smallest absolute Gasteiger partial charge is 0.373 e. The van der Waals surface area contributed by atoms with Gasteiger partial charge in [0.05, 0.1) is 11.2 Å². The molecule has 0 saturated heterocycles. The summed E-state index contributed by atoms with van der Waals surface area (Å²) < 4.78 is 34.1. The monoisotopic (exact) mass is 1070 g/mol. The van der Waals surface area contributed by atoms with E-state index in [1.807, 2.05) is 65.0 Å². The molecule has 0 unspecified atom stereocenters. The summed E-state index contributed by atoms with van der Waals surface area (Å²) in [6, 6.07) is 33.3. The van der Waals surface area contributed by atoms with Crippen LogP contribution in [0.25, 0.3) is 34.4 Å². The second kappa shape index (κ2) is 29.1. The average molecular weight is 1080 g/mol. The van der Waals surface area contributed by atoms with E-state index in [4.69, 9.17) is 14.3 Å². The van der Waals surface area contributed by atoms with Crippen LogP contribution in [-0.4, -0.2) is 34.0 Å². The number of rotatable bonds is 22. The molecule has 0 aliphatic carbocycles. The van der Waals surface area contributed by atoms with Gasteiger partial charge in [0.1, 0.15) is 18.2 Å². The molecule has 0 aliphatic heterocycles. The molecule has 0 bridgehead atoms. The third-order valence-electron chi connectivity index (χ3n) is 17.2. The number of halogens is 2. The SMILES string of the molecule is CCC(O)(/C=C/c1ccc(C(CC)(CC)c2cc(C)c(-c3ccc(COC=O)c(F)c3)c(C)c2)cc1C)CC.CCc1ccc(-c2c(C)cc(C(CC)(CC)c3ccc(/C=C/C(O)(CC)CC)c(C)c3)cc2C)cc1F.O=C=O. The van der Waals surface area contributed by atoms with Gasteiger partial charge in [0, 0.05) is 16.4 Å². The zero-order valence-electron chi connectivity index (χ0n) is 50.0. The summed E-state index contributed by atoms with van der Waals surface area (Å²) in [6.45, 7) is 32.1. The van der Waals surface area contributed by atoms with Gasteiger partial charge in [0.15, 0.2) is 0 Å². The fourth-order valence-electron chi connectivity index (χ4n) is 11.6. The van der Waals surface area contributed by atoms with Crippen molar-refractivity contribution in [2.45, 2.75) is 190 Å². The molecule has 0 aliphatic rings. The first-order valence-electron chi connectivity index (χ1n) is 28.5. The normalized spacial score (nSPS) is 12.0. The van der Waals surface area contributed by atoms with Gasteiger partial charge < -0.3 is 14.9 Å². The predicted molar refractivity (Wildman–Crippen MR) is 322 cm³/mol. The van der Waals surface area contributed by atoms with E-state index < -0.39 is 11.2 Å².